The van der Waals surface area contributed by atoms with Gasteiger partial charge in [-0.2, -0.15) is 0 Å². The summed E-state index contributed by atoms with van der Waals surface area (Å²) in [5, 5.41) is 25.4. The van der Waals surface area contributed by atoms with Gasteiger partial charge in [0.05, 0.1) is 0 Å². The van der Waals surface area contributed by atoms with E-state index in [2.05, 4.69) is 39.1 Å². The second kappa shape index (κ2) is 5.06. The zero-order chi connectivity index (χ0) is 16.0. The molecule has 0 bridgehead atoms. The van der Waals surface area contributed by atoms with E-state index in [-0.39, 0.29) is 11.5 Å². The van der Waals surface area contributed by atoms with E-state index in [0.717, 1.165) is 45.2 Å². The molecule has 0 amide bonds. The molecule has 3 rings (SSSR count). The van der Waals surface area contributed by atoms with E-state index in [1.807, 2.05) is 12.1 Å². The Kier molecular flexibility index (Phi) is 3.32. The zero-order valence-electron chi connectivity index (χ0n) is 13.0. The highest BCUT2D eigenvalue weighted by atomic mass is 16.3. The molecule has 0 fully saturated rings. The van der Waals surface area contributed by atoms with Gasteiger partial charge in [0.2, 0.25) is 0 Å². The van der Waals surface area contributed by atoms with E-state index >= 15 is 0 Å². The lowest BCUT2D eigenvalue weighted by atomic mass is 9.93. The van der Waals surface area contributed by atoms with Gasteiger partial charge in [0.15, 0.2) is 11.5 Å². The quantitative estimate of drug-likeness (QED) is 0.562. The number of aryl methyl sites for hydroxylation is 2. The van der Waals surface area contributed by atoms with Gasteiger partial charge >= 0.3 is 0 Å². The number of phenols is 2. The average molecular weight is 292 g/mol. The fraction of sp³-hybridized carbons (Fsp3) is 0.200. The SMILES string of the molecule is C=c1cc(CC)cc2c1c(O)c(O)c1c(=C)cc(CC)cc12. The highest BCUT2D eigenvalue weighted by Gasteiger charge is 2.15. The van der Waals surface area contributed by atoms with Gasteiger partial charge in [0, 0.05) is 10.8 Å². The molecule has 0 saturated heterocycles. The van der Waals surface area contributed by atoms with Crippen molar-refractivity contribution in [3.63, 3.8) is 0 Å². The molecule has 0 saturated carbocycles. The molecule has 0 radical (unpaired) electrons. The van der Waals surface area contributed by atoms with Crippen molar-refractivity contribution in [2.45, 2.75) is 26.7 Å². The molecule has 2 N–H and O–H groups in total. The van der Waals surface area contributed by atoms with Crippen LogP contribution in [0.2, 0.25) is 0 Å². The van der Waals surface area contributed by atoms with Crippen LogP contribution in [0.4, 0.5) is 0 Å². The lowest BCUT2D eigenvalue weighted by molar-refractivity contribution is 0.412. The first kappa shape index (κ1) is 14.5. The fourth-order valence-corrected chi connectivity index (χ4v) is 3.17. The molecule has 0 unspecified atom stereocenters. The number of rotatable bonds is 2. The van der Waals surface area contributed by atoms with Gasteiger partial charge in [0.25, 0.3) is 0 Å². The van der Waals surface area contributed by atoms with Crippen LogP contribution in [0.3, 0.4) is 0 Å². The molecule has 3 aromatic rings. The van der Waals surface area contributed by atoms with Gasteiger partial charge in [-0.05, 0) is 45.2 Å². The normalized spacial score (nSPS) is 11.4. The number of benzene rings is 3. The van der Waals surface area contributed by atoms with Crippen molar-refractivity contribution in [2.75, 3.05) is 0 Å². The van der Waals surface area contributed by atoms with Crippen molar-refractivity contribution >= 4 is 34.7 Å². The van der Waals surface area contributed by atoms with Crippen LogP contribution in [0.15, 0.2) is 24.3 Å². The number of phenolic OH excluding ortho intramolecular Hbond substituents is 2. The lowest BCUT2D eigenvalue weighted by Crippen LogP contribution is -2.06. The summed E-state index contributed by atoms with van der Waals surface area (Å²) in [7, 11) is 0. The molecule has 112 valence electrons. The van der Waals surface area contributed by atoms with Gasteiger partial charge in [-0.1, -0.05) is 51.3 Å². The van der Waals surface area contributed by atoms with Crippen LogP contribution in [0.25, 0.3) is 34.7 Å². The van der Waals surface area contributed by atoms with Gasteiger partial charge < -0.3 is 10.2 Å². The summed E-state index contributed by atoms with van der Waals surface area (Å²) in [6.45, 7) is 12.3. The zero-order valence-corrected chi connectivity index (χ0v) is 13.0. The van der Waals surface area contributed by atoms with Crippen LogP contribution in [-0.2, 0) is 12.8 Å². The minimum absolute atomic E-state index is 0.107. The summed E-state index contributed by atoms with van der Waals surface area (Å²) < 4.78 is 0. The smallest absolute Gasteiger partial charge is 0.166 e. The molecule has 0 heterocycles. The van der Waals surface area contributed by atoms with Gasteiger partial charge in [-0.3, -0.25) is 0 Å². The lowest BCUT2D eigenvalue weighted by Gasteiger charge is -2.13. The molecule has 0 spiro atoms. The van der Waals surface area contributed by atoms with Crippen molar-refractivity contribution in [2.24, 2.45) is 0 Å². The second-order valence-electron chi connectivity index (χ2n) is 5.76. The van der Waals surface area contributed by atoms with Crippen LogP contribution in [-0.4, -0.2) is 10.2 Å². The van der Waals surface area contributed by atoms with Gasteiger partial charge in [-0.15, -0.1) is 0 Å². The maximum atomic E-state index is 10.4. The average Bonchev–Trinajstić information content (AvgIpc) is 2.51. The third kappa shape index (κ3) is 1.95. The molecule has 3 aromatic carbocycles. The number of aromatic hydroxyl groups is 2. The second-order valence-corrected chi connectivity index (χ2v) is 5.76. The van der Waals surface area contributed by atoms with Crippen LogP contribution in [0, 0.1) is 0 Å². The van der Waals surface area contributed by atoms with Crippen molar-refractivity contribution < 1.29 is 10.2 Å². The largest absolute Gasteiger partial charge is 0.504 e. The molecule has 0 aromatic heterocycles. The minimum atomic E-state index is -0.107. The topological polar surface area (TPSA) is 40.5 Å². The fourth-order valence-electron chi connectivity index (χ4n) is 3.17. The van der Waals surface area contributed by atoms with Crippen LogP contribution >= 0.6 is 0 Å². The highest BCUT2D eigenvalue weighted by Crippen LogP contribution is 2.39. The van der Waals surface area contributed by atoms with Crippen molar-refractivity contribution in [3.8, 4) is 11.5 Å². The van der Waals surface area contributed by atoms with E-state index in [1.165, 1.54) is 0 Å². The minimum Gasteiger partial charge on any atom is -0.504 e. The first-order valence-electron chi connectivity index (χ1n) is 7.59. The van der Waals surface area contributed by atoms with Crippen molar-refractivity contribution in [3.05, 3.63) is 45.8 Å². The van der Waals surface area contributed by atoms with E-state index in [1.54, 1.807) is 0 Å². The van der Waals surface area contributed by atoms with E-state index in [9.17, 15) is 10.2 Å². The summed E-state index contributed by atoms with van der Waals surface area (Å²) in [5.41, 5.74) is 2.33. The standard InChI is InChI=1S/C20H20O2/c1-5-13-7-11(3)17-15(9-13)16-10-14(6-2)8-12(4)18(16)20(22)19(17)21/h7-10,21-22H,3-6H2,1-2H3. The van der Waals surface area contributed by atoms with Crippen LogP contribution in [0.1, 0.15) is 25.0 Å². The molecule has 0 aliphatic carbocycles. The van der Waals surface area contributed by atoms with E-state index in [0.29, 0.717) is 10.8 Å². The summed E-state index contributed by atoms with van der Waals surface area (Å²) in [6.07, 6.45) is 1.79. The molecular formula is C20H20O2. The van der Waals surface area contributed by atoms with Gasteiger partial charge in [-0.25, -0.2) is 0 Å². The summed E-state index contributed by atoms with van der Waals surface area (Å²) in [4.78, 5) is 0. The summed E-state index contributed by atoms with van der Waals surface area (Å²) >= 11 is 0. The molecule has 2 heteroatoms. The third-order valence-corrected chi connectivity index (χ3v) is 4.36. The van der Waals surface area contributed by atoms with Crippen LogP contribution < -0.4 is 10.4 Å². The van der Waals surface area contributed by atoms with Gasteiger partial charge in [0.1, 0.15) is 0 Å². The molecule has 22 heavy (non-hydrogen) atoms. The summed E-state index contributed by atoms with van der Waals surface area (Å²) in [6, 6.07) is 8.07. The number of hydrogen-bond donors (Lipinski definition) is 2. The Bertz CT molecular complexity index is 918. The molecule has 0 aliphatic rings. The Balaban J connectivity index is 2.69. The molecule has 0 aliphatic heterocycles. The first-order chi connectivity index (χ1) is 10.5. The Morgan fingerprint density at radius 3 is 1.41 bits per heavy atom. The van der Waals surface area contributed by atoms with Crippen molar-refractivity contribution in [1.29, 1.82) is 0 Å². The Labute approximate surface area is 129 Å². The van der Waals surface area contributed by atoms with E-state index < -0.39 is 0 Å². The predicted molar refractivity (Wildman–Crippen MR) is 93.8 cm³/mol. The predicted octanol–water partition coefficient (Wildman–Crippen LogP) is 3.35. The number of hydrogen-bond acceptors (Lipinski definition) is 2. The third-order valence-electron chi connectivity index (χ3n) is 4.36. The molecular weight excluding hydrogens is 272 g/mol. The molecule has 0 atom stereocenters. The maximum absolute atomic E-state index is 10.4. The monoisotopic (exact) mass is 292 g/mol. The Morgan fingerprint density at radius 1 is 0.727 bits per heavy atom. The number of fused-ring (bicyclic) bond motifs is 3. The highest BCUT2D eigenvalue weighted by molar-refractivity contribution is 6.14. The Morgan fingerprint density at radius 2 is 1.09 bits per heavy atom. The van der Waals surface area contributed by atoms with E-state index in [4.69, 9.17) is 0 Å². The van der Waals surface area contributed by atoms with Crippen molar-refractivity contribution in [1.82, 2.24) is 0 Å². The Hall–Kier alpha value is -2.48. The van der Waals surface area contributed by atoms with Crippen LogP contribution in [0.5, 0.6) is 11.5 Å². The first-order valence-corrected chi connectivity index (χ1v) is 7.59. The maximum Gasteiger partial charge on any atom is 0.166 e. The molecule has 2 nitrogen and oxygen atoms in total. The summed E-state index contributed by atoms with van der Waals surface area (Å²) in [5.74, 6) is -0.214.